The molecule has 0 unspecified atom stereocenters. The van der Waals surface area contributed by atoms with Crippen LogP contribution in [0, 0.1) is 6.92 Å². The summed E-state index contributed by atoms with van der Waals surface area (Å²) in [5.41, 5.74) is 3.01. The number of hydrogen-bond donors (Lipinski definition) is 1. The number of benzene rings is 1. The van der Waals surface area contributed by atoms with Gasteiger partial charge in [0.05, 0.1) is 46.2 Å². The predicted octanol–water partition coefficient (Wildman–Crippen LogP) is 6.76. The normalized spacial score (nSPS) is 14.0. The van der Waals surface area contributed by atoms with Crippen LogP contribution in [0.5, 0.6) is 11.5 Å². The molecule has 0 fully saturated rings. The van der Waals surface area contributed by atoms with Crippen molar-refractivity contribution < 1.29 is 50.6 Å². The molecule has 280 valence electrons. The molecule has 1 aromatic carbocycles. The molecule has 1 heterocycles. The van der Waals surface area contributed by atoms with E-state index in [4.69, 9.17) is 28.0 Å². The van der Waals surface area contributed by atoms with Crippen molar-refractivity contribution in [3.8, 4) is 11.5 Å². The highest BCUT2D eigenvalue weighted by Crippen LogP contribution is 2.47. The number of methoxy groups -OCH3 is 1. The summed E-state index contributed by atoms with van der Waals surface area (Å²) in [6.07, 6.45) is 0.740. The number of carbonyl (C=O) groups excluding carboxylic acids is 2. The fraction of sp³-hybridized carbons (Fsp3) is 0.688. The highest BCUT2D eigenvalue weighted by Gasteiger charge is 2.34. The number of allylic oxidation sites excluding steroid dienone is 1. The van der Waals surface area contributed by atoms with E-state index in [1.165, 1.54) is 0 Å². The quantitative estimate of drug-likeness (QED) is 0.0611. The Hall–Kier alpha value is -2.21. The van der Waals surface area contributed by atoms with E-state index in [0.29, 0.717) is 45.2 Å². The first-order valence-corrected chi connectivity index (χ1v) is 27.3. The Morgan fingerprint density at radius 2 is 1.61 bits per heavy atom. The van der Waals surface area contributed by atoms with Gasteiger partial charge in [-0.3, -0.25) is 4.57 Å². The molecule has 0 radical (unpaired) electrons. The highest BCUT2D eigenvalue weighted by atomic mass is 32.2. The molecule has 1 aliphatic rings. The van der Waals surface area contributed by atoms with E-state index >= 15 is 0 Å². The molecular weight excluding hydrogens is 708 g/mol. The number of nitrogens with one attached hydrogen (secondary N) is 1. The first-order valence-electron chi connectivity index (χ1n) is 16.7. The molecule has 49 heavy (non-hydrogen) atoms. The molecule has 1 aromatic rings. The Kier molecular flexibility index (Phi) is 16.1. The third kappa shape index (κ3) is 13.1. The molecule has 1 N–H and O–H groups in total. The third-order valence-corrected chi connectivity index (χ3v) is 14.6. The van der Waals surface area contributed by atoms with E-state index < -0.39 is 46.0 Å². The van der Waals surface area contributed by atoms with E-state index in [9.17, 15) is 22.6 Å². The van der Waals surface area contributed by atoms with E-state index in [-0.39, 0.29) is 52.1 Å². The van der Waals surface area contributed by atoms with Gasteiger partial charge in [-0.05, 0) is 51.8 Å². The highest BCUT2D eigenvalue weighted by molar-refractivity contribution is 7.87. The minimum atomic E-state index is -4.45. The molecule has 0 saturated heterocycles. The van der Waals surface area contributed by atoms with Gasteiger partial charge in [-0.1, -0.05) is 50.9 Å². The molecule has 0 spiro atoms. The lowest BCUT2D eigenvalue weighted by Gasteiger charge is -2.24. The standard InChI is InChI=1S/C32H57N2O11PSSi2/c1-12-44-46(37,45-13-2)19-16-33-47(38,39)34(32(36)42-18-21-49(9,10)11)22-24(3)14-15-26-29(40-5)25(4)27-23-43-31(35)28(27)30(26)41-17-20-48(6,7)8/h14,33H,12-13,15-23H2,1-11H3/b24-14+. The molecule has 17 heteroatoms. The smallest absolute Gasteiger partial charge is 0.424 e. The Morgan fingerprint density at radius 3 is 2.16 bits per heavy atom. The van der Waals surface area contributed by atoms with Crippen LogP contribution < -0.4 is 14.2 Å². The van der Waals surface area contributed by atoms with Crippen molar-refractivity contribution in [3.63, 3.8) is 0 Å². The lowest BCUT2D eigenvalue weighted by molar-refractivity contribution is 0.0532. The minimum Gasteiger partial charge on any atom is -0.496 e. The van der Waals surface area contributed by atoms with Gasteiger partial charge in [-0.25, -0.2) is 9.59 Å². The van der Waals surface area contributed by atoms with Gasteiger partial charge in [0.15, 0.2) is 0 Å². The number of cyclic esters (lactones) is 1. The molecular formula is C32H57N2O11PSSi2. The number of hydrogen-bond acceptors (Lipinski definition) is 11. The molecule has 0 saturated carbocycles. The zero-order valence-electron chi connectivity index (χ0n) is 31.1. The second kappa shape index (κ2) is 18.3. The predicted molar refractivity (Wildman–Crippen MR) is 197 cm³/mol. The second-order valence-corrected chi connectivity index (χ2v) is 29.4. The van der Waals surface area contributed by atoms with Crippen molar-refractivity contribution in [2.24, 2.45) is 0 Å². The first kappa shape index (κ1) is 43.0. The average molecular weight is 765 g/mol. The molecule has 13 nitrogen and oxygen atoms in total. The molecule has 0 atom stereocenters. The zero-order valence-corrected chi connectivity index (χ0v) is 34.9. The summed E-state index contributed by atoms with van der Waals surface area (Å²) in [5.74, 6) is 0.481. The maximum atomic E-state index is 13.5. The summed E-state index contributed by atoms with van der Waals surface area (Å²) < 4.78 is 76.5. The van der Waals surface area contributed by atoms with E-state index in [2.05, 4.69) is 44.0 Å². The van der Waals surface area contributed by atoms with Crippen molar-refractivity contribution in [1.82, 2.24) is 9.03 Å². The van der Waals surface area contributed by atoms with Gasteiger partial charge in [0.2, 0.25) is 0 Å². The van der Waals surface area contributed by atoms with Gasteiger partial charge >= 0.3 is 29.9 Å². The van der Waals surface area contributed by atoms with Gasteiger partial charge in [-0.2, -0.15) is 17.4 Å². The number of esters is 1. The minimum absolute atomic E-state index is 0.0764. The van der Waals surface area contributed by atoms with Gasteiger partial charge in [0.1, 0.15) is 23.7 Å². The van der Waals surface area contributed by atoms with Gasteiger partial charge in [-0.15, -0.1) is 0 Å². The summed E-state index contributed by atoms with van der Waals surface area (Å²) >= 11 is 0. The fourth-order valence-corrected chi connectivity index (χ4v) is 9.13. The summed E-state index contributed by atoms with van der Waals surface area (Å²) in [6.45, 7) is 20.2. The Morgan fingerprint density at radius 1 is 1.02 bits per heavy atom. The summed E-state index contributed by atoms with van der Waals surface area (Å²) in [6, 6.07) is 1.52. The number of rotatable bonds is 21. The summed E-state index contributed by atoms with van der Waals surface area (Å²) in [5, 5.41) is 0. The van der Waals surface area contributed by atoms with Crippen LogP contribution >= 0.6 is 7.60 Å². The molecule has 0 bridgehead atoms. The number of carbonyl (C=O) groups is 2. The van der Waals surface area contributed by atoms with Crippen molar-refractivity contribution >= 4 is 46.0 Å². The van der Waals surface area contributed by atoms with Crippen molar-refractivity contribution in [1.29, 1.82) is 0 Å². The Labute approximate surface area is 295 Å². The average Bonchev–Trinajstić information content (AvgIpc) is 3.36. The van der Waals surface area contributed by atoms with E-state index in [1.54, 1.807) is 34.0 Å². The van der Waals surface area contributed by atoms with Crippen molar-refractivity contribution in [3.05, 3.63) is 33.9 Å². The van der Waals surface area contributed by atoms with Crippen LogP contribution in [0.25, 0.3) is 0 Å². The van der Waals surface area contributed by atoms with Crippen LogP contribution in [0.2, 0.25) is 51.4 Å². The molecule has 2 rings (SSSR count). The van der Waals surface area contributed by atoms with Crippen LogP contribution in [0.3, 0.4) is 0 Å². The lowest BCUT2D eigenvalue weighted by atomic mass is 9.95. The number of ether oxygens (including phenoxy) is 4. The first-order chi connectivity index (χ1) is 22.7. The maximum absolute atomic E-state index is 13.5. The molecule has 1 amide bonds. The Balaban J connectivity index is 2.44. The Bertz CT molecular complexity index is 1500. The largest absolute Gasteiger partial charge is 0.496 e. The van der Waals surface area contributed by atoms with Crippen molar-refractivity contribution in [2.75, 3.05) is 52.8 Å². The number of nitrogens with zero attached hydrogens (tertiary/aromatic N) is 1. The van der Waals surface area contributed by atoms with Gasteiger partial charge < -0.3 is 28.0 Å². The summed E-state index contributed by atoms with van der Waals surface area (Å²) in [4.78, 5) is 26.2. The lowest BCUT2D eigenvalue weighted by Crippen LogP contribution is -2.46. The van der Waals surface area contributed by atoms with Crippen LogP contribution in [0.4, 0.5) is 4.79 Å². The van der Waals surface area contributed by atoms with Crippen LogP contribution in [-0.4, -0.2) is 93.7 Å². The van der Waals surface area contributed by atoms with Gasteiger partial charge in [0.25, 0.3) is 0 Å². The monoisotopic (exact) mass is 764 g/mol. The van der Waals surface area contributed by atoms with Crippen LogP contribution in [0.1, 0.15) is 47.8 Å². The van der Waals surface area contributed by atoms with Gasteiger partial charge in [0, 0.05) is 33.8 Å². The second-order valence-electron chi connectivity index (χ2n) is 14.3. The van der Waals surface area contributed by atoms with Crippen LogP contribution in [0.15, 0.2) is 11.6 Å². The SMILES string of the molecule is CCOP(=O)(CCNS(=O)(=O)N(C/C(C)=C/Cc1c(OC)c(C)c2c(c1OCC[Si](C)(C)C)C(=O)OC2)C(=O)OCC[Si](C)(C)C)OCC. The number of fused-ring (bicyclic) bond motifs is 1. The zero-order chi connectivity index (χ0) is 37.2. The molecule has 0 aromatic heterocycles. The molecule has 1 aliphatic heterocycles. The fourth-order valence-electron chi connectivity index (χ4n) is 4.91. The summed E-state index contributed by atoms with van der Waals surface area (Å²) in [7, 11) is -9.48. The van der Waals surface area contributed by atoms with Crippen molar-refractivity contribution in [2.45, 2.75) is 92.1 Å². The van der Waals surface area contributed by atoms with E-state index in [0.717, 1.165) is 17.2 Å². The number of amides is 1. The van der Waals surface area contributed by atoms with E-state index in [1.807, 2.05) is 6.92 Å². The topological polar surface area (TPSA) is 156 Å². The van der Waals surface area contributed by atoms with Crippen LogP contribution in [-0.2, 0) is 46.3 Å². The third-order valence-electron chi connectivity index (χ3n) is 7.67. The molecule has 0 aliphatic carbocycles. The maximum Gasteiger partial charge on any atom is 0.424 e.